The van der Waals surface area contributed by atoms with Crippen LogP contribution in [0, 0.1) is 6.92 Å². The van der Waals surface area contributed by atoms with E-state index >= 15 is 0 Å². The molecule has 1 unspecified atom stereocenters. The van der Waals surface area contributed by atoms with Gasteiger partial charge in [0, 0.05) is 37.9 Å². The van der Waals surface area contributed by atoms with E-state index < -0.39 is 24.0 Å². The van der Waals surface area contributed by atoms with Crippen LogP contribution >= 0.6 is 0 Å². The van der Waals surface area contributed by atoms with Gasteiger partial charge >= 0.3 is 12.1 Å². The second-order valence-corrected chi connectivity index (χ2v) is 7.82. The largest absolute Gasteiger partial charge is 0.471 e. The highest BCUT2D eigenvalue weighted by atomic mass is 19.4. The summed E-state index contributed by atoms with van der Waals surface area (Å²) in [5.41, 5.74) is 2.76. The SMILES string of the molecule is Cc1ccc(C(C(=O)NCCc2cccnc2)N(CCc2ccncc2)C(=O)C(F)(F)F)cc1. The van der Waals surface area contributed by atoms with E-state index in [2.05, 4.69) is 15.3 Å². The molecular formula is C25H25F3N4O2. The summed E-state index contributed by atoms with van der Waals surface area (Å²) >= 11 is 0. The molecule has 178 valence electrons. The number of pyridine rings is 2. The average molecular weight is 470 g/mol. The summed E-state index contributed by atoms with van der Waals surface area (Å²) in [6, 6.07) is 12.0. The quantitative estimate of drug-likeness (QED) is 0.516. The van der Waals surface area contributed by atoms with Crippen molar-refractivity contribution in [3.05, 3.63) is 95.6 Å². The Labute approximate surface area is 195 Å². The maximum Gasteiger partial charge on any atom is 0.471 e. The summed E-state index contributed by atoms with van der Waals surface area (Å²) in [6.45, 7) is 1.72. The summed E-state index contributed by atoms with van der Waals surface area (Å²) in [4.78, 5) is 34.2. The lowest BCUT2D eigenvalue weighted by molar-refractivity contribution is -0.188. The van der Waals surface area contributed by atoms with Crippen LogP contribution in [0.1, 0.15) is 28.3 Å². The van der Waals surface area contributed by atoms with Crippen LogP contribution in [0.3, 0.4) is 0 Å². The first-order valence-corrected chi connectivity index (χ1v) is 10.8. The third-order valence-electron chi connectivity index (χ3n) is 5.28. The van der Waals surface area contributed by atoms with Gasteiger partial charge in [-0.1, -0.05) is 35.9 Å². The summed E-state index contributed by atoms with van der Waals surface area (Å²) in [5, 5.41) is 2.69. The summed E-state index contributed by atoms with van der Waals surface area (Å²) in [6.07, 6.45) is 1.77. The van der Waals surface area contributed by atoms with Crippen LogP contribution in [0.15, 0.2) is 73.3 Å². The molecule has 9 heteroatoms. The summed E-state index contributed by atoms with van der Waals surface area (Å²) < 4.78 is 40.7. The van der Waals surface area contributed by atoms with Crippen molar-refractivity contribution in [3.8, 4) is 0 Å². The predicted molar refractivity (Wildman–Crippen MR) is 121 cm³/mol. The fourth-order valence-corrected chi connectivity index (χ4v) is 3.50. The first kappa shape index (κ1) is 24.9. The number of nitrogens with zero attached hydrogens (tertiary/aromatic N) is 3. The van der Waals surface area contributed by atoms with E-state index in [4.69, 9.17) is 0 Å². The van der Waals surface area contributed by atoms with Gasteiger partial charge in [0.05, 0.1) is 0 Å². The number of aromatic nitrogens is 2. The number of alkyl halides is 3. The van der Waals surface area contributed by atoms with Gasteiger partial charge in [-0.25, -0.2) is 0 Å². The van der Waals surface area contributed by atoms with Crippen LogP contribution in [0.2, 0.25) is 0 Å². The fraction of sp³-hybridized carbons (Fsp3) is 0.280. The lowest BCUT2D eigenvalue weighted by atomic mass is 10.0. The molecule has 0 fully saturated rings. The Morgan fingerprint density at radius 1 is 0.941 bits per heavy atom. The van der Waals surface area contributed by atoms with Crippen molar-refractivity contribution in [3.63, 3.8) is 0 Å². The maximum atomic E-state index is 13.6. The standard InChI is InChI=1S/C25H25F3N4O2/c1-18-4-6-21(7-5-18)22(23(33)31-15-10-20-3-2-12-30-17-20)32(24(34)25(26,27)28)16-11-19-8-13-29-14-9-19/h2-9,12-14,17,22H,10-11,15-16H2,1H3,(H,31,33). The molecule has 1 aromatic carbocycles. The number of hydrogen-bond acceptors (Lipinski definition) is 4. The highest BCUT2D eigenvalue weighted by Gasteiger charge is 2.46. The topological polar surface area (TPSA) is 75.2 Å². The molecule has 1 N–H and O–H groups in total. The number of hydrogen-bond donors (Lipinski definition) is 1. The van der Waals surface area contributed by atoms with Gasteiger partial charge in [-0.2, -0.15) is 13.2 Å². The van der Waals surface area contributed by atoms with E-state index in [1.54, 1.807) is 54.9 Å². The van der Waals surface area contributed by atoms with E-state index in [9.17, 15) is 22.8 Å². The first-order chi connectivity index (χ1) is 16.3. The molecule has 0 saturated carbocycles. The number of nitrogens with one attached hydrogen (secondary N) is 1. The van der Waals surface area contributed by atoms with Crippen LogP contribution in [0.5, 0.6) is 0 Å². The van der Waals surface area contributed by atoms with Gasteiger partial charge in [-0.15, -0.1) is 0 Å². The Bertz CT molecular complexity index is 1070. The molecule has 34 heavy (non-hydrogen) atoms. The second-order valence-electron chi connectivity index (χ2n) is 7.82. The van der Waals surface area contributed by atoms with Gasteiger partial charge in [-0.05, 0) is 54.7 Å². The molecular weight excluding hydrogens is 445 g/mol. The Balaban J connectivity index is 1.87. The van der Waals surface area contributed by atoms with E-state index in [1.807, 2.05) is 13.0 Å². The normalized spacial score (nSPS) is 12.1. The van der Waals surface area contributed by atoms with Crippen molar-refractivity contribution in [2.24, 2.45) is 0 Å². The van der Waals surface area contributed by atoms with Gasteiger partial charge in [-0.3, -0.25) is 19.6 Å². The van der Waals surface area contributed by atoms with Gasteiger partial charge in [0.15, 0.2) is 0 Å². The number of aryl methyl sites for hydroxylation is 1. The molecule has 2 aromatic heterocycles. The van der Waals surface area contributed by atoms with Crippen LogP contribution in [-0.2, 0) is 22.4 Å². The Morgan fingerprint density at radius 3 is 2.26 bits per heavy atom. The molecule has 1 atom stereocenters. The monoisotopic (exact) mass is 470 g/mol. The first-order valence-electron chi connectivity index (χ1n) is 10.8. The summed E-state index contributed by atoms with van der Waals surface area (Å²) in [7, 11) is 0. The molecule has 0 radical (unpaired) electrons. The molecule has 0 aliphatic carbocycles. The smallest absolute Gasteiger partial charge is 0.354 e. The van der Waals surface area contributed by atoms with Gasteiger partial charge in [0.25, 0.3) is 0 Å². The lowest BCUT2D eigenvalue weighted by Crippen LogP contribution is -2.49. The van der Waals surface area contributed by atoms with Gasteiger partial charge < -0.3 is 10.2 Å². The summed E-state index contributed by atoms with van der Waals surface area (Å²) in [5.74, 6) is -2.74. The molecule has 0 spiro atoms. The van der Waals surface area contributed by atoms with Crippen molar-refractivity contribution < 1.29 is 22.8 Å². The van der Waals surface area contributed by atoms with Gasteiger partial charge in [0.1, 0.15) is 6.04 Å². The van der Waals surface area contributed by atoms with E-state index in [0.717, 1.165) is 11.1 Å². The van der Waals surface area contributed by atoms with Crippen molar-refractivity contribution in [1.82, 2.24) is 20.2 Å². The highest BCUT2D eigenvalue weighted by Crippen LogP contribution is 2.28. The predicted octanol–water partition coefficient (Wildman–Crippen LogP) is 3.82. The van der Waals surface area contributed by atoms with E-state index in [-0.39, 0.29) is 19.5 Å². The zero-order chi connectivity index (χ0) is 24.6. The van der Waals surface area contributed by atoms with Crippen molar-refractivity contribution in [1.29, 1.82) is 0 Å². The zero-order valence-electron chi connectivity index (χ0n) is 18.6. The molecule has 0 bridgehead atoms. The molecule has 0 saturated heterocycles. The Kier molecular flexibility index (Phi) is 8.34. The fourth-order valence-electron chi connectivity index (χ4n) is 3.50. The van der Waals surface area contributed by atoms with E-state index in [1.165, 1.54) is 12.4 Å². The number of benzene rings is 1. The van der Waals surface area contributed by atoms with Crippen LogP contribution in [0.4, 0.5) is 13.2 Å². The van der Waals surface area contributed by atoms with Crippen LogP contribution in [0.25, 0.3) is 0 Å². The Morgan fingerprint density at radius 2 is 1.65 bits per heavy atom. The molecule has 2 amide bonds. The number of halogens is 3. The van der Waals surface area contributed by atoms with Crippen LogP contribution in [-0.4, -0.2) is 45.9 Å². The van der Waals surface area contributed by atoms with Crippen molar-refractivity contribution in [2.45, 2.75) is 32.0 Å². The third kappa shape index (κ3) is 6.87. The minimum atomic E-state index is -5.13. The number of rotatable bonds is 9. The number of carbonyl (C=O) groups excluding carboxylic acids is 2. The minimum Gasteiger partial charge on any atom is -0.354 e. The molecule has 0 aliphatic heterocycles. The lowest BCUT2D eigenvalue weighted by Gasteiger charge is -2.32. The maximum absolute atomic E-state index is 13.6. The van der Waals surface area contributed by atoms with Crippen molar-refractivity contribution in [2.75, 3.05) is 13.1 Å². The second kappa shape index (κ2) is 11.4. The van der Waals surface area contributed by atoms with E-state index in [0.29, 0.717) is 22.4 Å². The Hall–Kier alpha value is -3.75. The number of amides is 2. The molecule has 6 nitrogen and oxygen atoms in total. The zero-order valence-corrected chi connectivity index (χ0v) is 18.6. The highest BCUT2D eigenvalue weighted by molar-refractivity contribution is 5.90. The van der Waals surface area contributed by atoms with Gasteiger partial charge in [0.2, 0.25) is 5.91 Å². The molecule has 2 heterocycles. The third-order valence-corrected chi connectivity index (χ3v) is 5.28. The number of carbonyl (C=O) groups is 2. The average Bonchev–Trinajstić information content (AvgIpc) is 2.83. The molecule has 0 aliphatic rings. The molecule has 3 rings (SSSR count). The molecule has 3 aromatic rings. The van der Waals surface area contributed by atoms with Crippen LogP contribution < -0.4 is 5.32 Å². The van der Waals surface area contributed by atoms with Crippen molar-refractivity contribution >= 4 is 11.8 Å². The minimum absolute atomic E-state index is 0.135.